The normalized spacial score (nSPS) is 27.8. The van der Waals surface area contributed by atoms with Crippen molar-refractivity contribution in [3.63, 3.8) is 0 Å². The minimum absolute atomic E-state index is 0.0315. The molecule has 2 N–H and O–H groups in total. The summed E-state index contributed by atoms with van der Waals surface area (Å²) < 4.78 is 23.7. The van der Waals surface area contributed by atoms with Gasteiger partial charge in [0.15, 0.2) is 9.84 Å². The summed E-state index contributed by atoms with van der Waals surface area (Å²) in [4.78, 5) is 27.4. The number of thiophene rings is 1. The molecule has 0 spiro atoms. The molecule has 1 aliphatic heterocycles. The van der Waals surface area contributed by atoms with Crippen LogP contribution in [0.25, 0.3) is 0 Å². The highest BCUT2D eigenvalue weighted by molar-refractivity contribution is 7.91. The summed E-state index contributed by atoms with van der Waals surface area (Å²) in [5.74, 6) is -0.735. The Morgan fingerprint density at radius 3 is 2.55 bits per heavy atom. The lowest BCUT2D eigenvalue weighted by atomic mass is 9.95. The van der Waals surface area contributed by atoms with Crippen LogP contribution in [-0.2, 0) is 27.5 Å². The van der Waals surface area contributed by atoms with Crippen LogP contribution >= 0.6 is 34.5 Å². The molecule has 0 bridgehead atoms. The van der Waals surface area contributed by atoms with Gasteiger partial charge in [0, 0.05) is 10.9 Å². The van der Waals surface area contributed by atoms with E-state index in [-0.39, 0.29) is 51.1 Å². The van der Waals surface area contributed by atoms with E-state index in [9.17, 15) is 18.0 Å². The number of nitrogens with one attached hydrogen (secondary N) is 2. The van der Waals surface area contributed by atoms with Crippen LogP contribution in [0.3, 0.4) is 0 Å². The Morgan fingerprint density at radius 1 is 1.19 bits per heavy atom. The van der Waals surface area contributed by atoms with Gasteiger partial charge in [-0.15, -0.1) is 11.3 Å². The van der Waals surface area contributed by atoms with E-state index in [0.717, 1.165) is 36.1 Å². The van der Waals surface area contributed by atoms with Crippen LogP contribution in [0.5, 0.6) is 0 Å². The van der Waals surface area contributed by atoms with Crippen LogP contribution in [-0.4, -0.2) is 37.8 Å². The lowest BCUT2D eigenvalue weighted by Crippen LogP contribution is -2.36. The molecule has 3 unspecified atom stereocenters. The van der Waals surface area contributed by atoms with E-state index < -0.39 is 9.84 Å². The standard InChI is InChI=1S/C21H26Cl2N2O4S2/c1-21(2)13(9-15(22)23)17(21)19(27)25-20-16(12-5-3-4-6-14(12)30-20)18(26)24-11-7-8-31(28,29)10-11/h9,11,13,17H,3-8,10H2,1-2H3,(H,24,26)(H,25,27). The first-order valence-corrected chi connectivity index (χ1v) is 13.9. The third kappa shape index (κ3) is 4.68. The summed E-state index contributed by atoms with van der Waals surface area (Å²) in [6.45, 7) is 3.98. The van der Waals surface area contributed by atoms with E-state index in [1.165, 1.54) is 11.3 Å². The molecule has 2 heterocycles. The minimum Gasteiger partial charge on any atom is -0.348 e. The molecule has 3 aliphatic rings. The molecule has 2 aliphatic carbocycles. The predicted molar refractivity (Wildman–Crippen MR) is 125 cm³/mol. The Kier molecular flexibility index (Phi) is 6.22. The molecule has 170 valence electrons. The van der Waals surface area contributed by atoms with Gasteiger partial charge in [-0.1, -0.05) is 37.0 Å². The number of hydrogen-bond acceptors (Lipinski definition) is 5. The fraction of sp³-hybridized carbons (Fsp3) is 0.619. The molecule has 2 amide bonds. The van der Waals surface area contributed by atoms with Crippen LogP contribution in [0.4, 0.5) is 5.00 Å². The van der Waals surface area contributed by atoms with Crippen molar-refractivity contribution in [3.05, 3.63) is 26.6 Å². The van der Waals surface area contributed by atoms with Gasteiger partial charge >= 0.3 is 0 Å². The molecule has 1 saturated heterocycles. The van der Waals surface area contributed by atoms with E-state index in [1.807, 2.05) is 13.8 Å². The molecule has 0 aromatic carbocycles. The first-order valence-electron chi connectivity index (χ1n) is 10.5. The fourth-order valence-electron chi connectivity index (χ4n) is 4.88. The van der Waals surface area contributed by atoms with Gasteiger partial charge in [0.2, 0.25) is 5.91 Å². The molecular formula is C21H26Cl2N2O4S2. The van der Waals surface area contributed by atoms with Crippen molar-refractivity contribution in [1.29, 1.82) is 0 Å². The topological polar surface area (TPSA) is 92.3 Å². The van der Waals surface area contributed by atoms with E-state index in [4.69, 9.17) is 23.2 Å². The summed E-state index contributed by atoms with van der Waals surface area (Å²) in [6, 6.07) is -0.386. The van der Waals surface area contributed by atoms with Crippen LogP contribution in [0.2, 0.25) is 0 Å². The number of aryl methyl sites for hydroxylation is 1. The first kappa shape index (κ1) is 23.1. The summed E-state index contributed by atoms with van der Waals surface area (Å²) in [5, 5.41) is 6.44. The molecule has 1 saturated carbocycles. The lowest BCUT2D eigenvalue weighted by Gasteiger charge is -2.15. The third-order valence-electron chi connectivity index (χ3n) is 6.70. The summed E-state index contributed by atoms with van der Waals surface area (Å²) in [7, 11) is -3.10. The highest BCUT2D eigenvalue weighted by Crippen LogP contribution is 2.60. The van der Waals surface area contributed by atoms with Gasteiger partial charge in [-0.05, 0) is 55.1 Å². The molecule has 3 atom stereocenters. The van der Waals surface area contributed by atoms with Crippen LogP contribution in [0.1, 0.15) is 53.9 Å². The van der Waals surface area contributed by atoms with Crippen molar-refractivity contribution in [1.82, 2.24) is 5.32 Å². The van der Waals surface area contributed by atoms with Gasteiger partial charge < -0.3 is 10.6 Å². The Hall–Kier alpha value is -1.09. The van der Waals surface area contributed by atoms with Gasteiger partial charge in [0.05, 0.1) is 23.0 Å². The van der Waals surface area contributed by atoms with Crippen molar-refractivity contribution < 1.29 is 18.0 Å². The van der Waals surface area contributed by atoms with Crippen LogP contribution in [0.15, 0.2) is 10.6 Å². The maximum absolute atomic E-state index is 13.2. The Balaban J connectivity index is 1.57. The Morgan fingerprint density at radius 2 is 1.90 bits per heavy atom. The number of amides is 2. The second kappa shape index (κ2) is 8.36. The minimum atomic E-state index is -3.10. The zero-order valence-electron chi connectivity index (χ0n) is 17.5. The fourth-order valence-corrected chi connectivity index (χ4v) is 8.11. The Bertz CT molecular complexity index is 1060. The van der Waals surface area contributed by atoms with Crippen molar-refractivity contribution in [2.24, 2.45) is 17.3 Å². The molecule has 6 nitrogen and oxygen atoms in total. The molecule has 2 fully saturated rings. The first-order chi connectivity index (χ1) is 14.5. The molecule has 1 aromatic heterocycles. The zero-order valence-corrected chi connectivity index (χ0v) is 20.6. The van der Waals surface area contributed by atoms with Gasteiger partial charge in [0.1, 0.15) is 9.49 Å². The summed E-state index contributed by atoms with van der Waals surface area (Å²) >= 11 is 13.1. The van der Waals surface area contributed by atoms with Crippen molar-refractivity contribution >= 4 is 61.2 Å². The maximum atomic E-state index is 13.2. The number of carbonyl (C=O) groups excluding carboxylic acids is 2. The largest absolute Gasteiger partial charge is 0.348 e. The molecule has 0 radical (unpaired) electrons. The van der Waals surface area contributed by atoms with E-state index in [2.05, 4.69) is 10.6 Å². The number of anilines is 1. The van der Waals surface area contributed by atoms with Gasteiger partial charge in [-0.25, -0.2) is 8.42 Å². The van der Waals surface area contributed by atoms with Gasteiger partial charge in [0.25, 0.3) is 5.91 Å². The average Bonchev–Trinajstić information content (AvgIpc) is 2.94. The number of hydrogen-bond donors (Lipinski definition) is 2. The van der Waals surface area contributed by atoms with E-state index >= 15 is 0 Å². The molecule has 1 aromatic rings. The summed E-state index contributed by atoms with van der Waals surface area (Å²) in [6.07, 6.45) is 5.84. The lowest BCUT2D eigenvalue weighted by molar-refractivity contribution is -0.118. The molecule has 4 rings (SSSR count). The monoisotopic (exact) mass is 504 g/mol. The molecule has 10 heteroatoms. The van der Waals surface area contributed by atoms with Crippen LogP contribution in [0, 0.1) is 17.3 Å². The number of sulfone groups is 1. The van der Waals surface area contributed by atoms with Gasteiger partial charge in [-0.3, -0.25) is 9.59 Å². The number of rotatable bonds is 5. The quantitative estimate of drug-likeness (QED) is 0.631. The highest BCUT2D eigenvalue weighted by Gasteiger charge is 2.60. The van der Waals surface area contributed by atoms with Gasteiger partial charge in [-0.2, -0.15) is 0 Å². The smallest absolute Gasteiger partial charge is 0.254 e. The second-order valence-electron chi connectivity index (χ2n) is 9.26. The molecular weight excluding hydrogens is 479 g/mol. The van der Waals surface area contributed by atoms with E-state index in [0.29, 0.717) is 17.0 Å². The zero-order chi connectivity index (χ0) is 22.6. The second-order valence-corrected chi connectivity index (χ2v) is 13.6. The molecule has 31 heavy (non-hydrogen) atoms. The van der Waals surface area contributed by atoms with Crippen LogP contribution < -0.4 is 10.6 Å². The number of fused-ring (bicyclic) bond motifs is 1. The SMILES string of the molecule is CC1(C)C(C=C(Cl)Cl)C1C(=O)Nc1sc2c(c1C(=O)NC1CCS(=O)(=O)C1)CCCC2. The number of carbonyl (C=O) groups is 2. The third-order valence-corrected chi connectivity index (χ3v) is 9.93. The predicted octanol–water partition coefficient (Wildman–Crippen LogP) is 4.07. The van der Waals surface area contributed by atoms with E-state index in [1.54, 1.807) is 6.08 Å². The maximum Gasteiger partial charge on any atom is 0.254 e. The van der Waals surface area contributed by atoms with Crippen molar-refractivity contribution in [3.8, 4) is 0 Å². The average molecular weight is 505 g/mol. The van der Waals surface area contributed by atoms with Crippen molar-refractivity contribution in [2.75, 3.05) is 16.8 Å². The van der Waals surface area contributed by atoms with Crippen molar-refractivity contribution in [2.45, 2.75) is 52.0 Å². The number of halogens is 2. The summed E-state index contributed by atoms with van der Waals surface area (Å²) in [5.41, 5.74) is 1.22. The Labute approximate surface area is 196 Å². The number of allylic oxidation sites excluding steroid dienone is 1. The highest BCUT2D eigenvalue weighted by atomic mass is 35.5.